The average Bonchev–Trinajstić information content (AvgIpc) is 2.96. The first-order valence-electron chi connectivity index (χ1n) is 13.1. The van der Waals surface area contributed by atoms with Crippen LogP contribution in [0.2, 0.25) is 0 Å². The molecule has 0 radical (unpaired) electrons. The third-order valence-electron chi connectivity index (χ3n) is 6.35. The largest absolute Gasteiger partial charge is 0.378 e. The standard InChI is InChI=1S/C33H38N4S2/c1-34(2)30-17-11-28(12-18-30)15-21-32-9-5-7-23-36(32)25-26-38-39-27-37-24-8-6-10-33(37)22-16-29-13-19-31(20-14-29)35(3)4/h5-24H,25-27H2,1-4H3/q+2. The quantitative estimate of drug-likeness (QED) is 0.109. The smallest absolute Gasteiger partial charge is 0.205 e. The average molecular weight is 555 g/mol. The van der Waals surface area contributed by atoms with Crippen molar-refractivity contribution in [3.05, 3.63) is 120 Å². The number of pyridine rings is 2. The predicted molar refractivity (Wildman–Crippen MR) is 173 cm³/mol. The summed E-state index contributed by atoms with van der Waals surface area (Å²) in [5, 5.41) is 0. The van der Waals surface area contributed by atoms with E-state index in [0.29, 0.717) is 0 Å². The molecular formula is C33H38N4S2+2. The number of hydrogen-bond donors (Lipinski definition) is 0. The van der Waals surface area contributed by atoms with Gasteiger partial charge in [0.2, 0.25) is 17.3 Å². The normalized spacial score (nSPS) is 11.4. The number of rotatable bonds is 12. The summed E-state index contributed by atoms with van der Waals surface area (Å²) < 4.78 is 4.62. The van der Waals surface area contributed by atoms with Crippen molar-refractivity contribution >= 4 is 57.3 Å². The minimum Gasteiger partial charge on any atom is -0.378 e. The van der Waals surface area contributed by atoms with E-state index >= 15 is 0 Å². The zero-order chi connectivity index (χ0) is 27.5. The van der Waals surface area contributed by atoms with Gasteiger partial charge in [0.15, 0.2) is 18.9 Å². The van der Waals surface area contributed by atoms with Crippen LogP contribution in [0.15, 0.2) is 97.3 Å². The molecule has 0 aliphatic carbocycles. The van der Waals surface area contributed by atoms with Crippen LogP contribution in [0, 0.1) is 0 Å². The number of aromatic nitrogens is 2. The van der Waals surface area contributed by atoms with Crippen LogP contribution in [0.3, 0.4) is 0 Å². The molecule has 39 heavy (non-hydrogen) atoms. The van der Waals surface area contributed by atoms with Crippen LogP contribution in [-0.4, -0.2) is 33.9 Å². The van der Waals surface area contributed by atoms with Crippen LogP contribution in [0.25, 0.3) is 24.3 Å². The molecule has 6 heteroatoms. The second kappa shape index (κ2) is 14.6. The van der Waals surface area contributed by atoms with E-state index in [4.69, 9.17) is 0 Å². The van der Waals surface area contributed by atoms with E-state index in [1.54, 1.807) is 0 Å². The summed E-state index contributed by atoms with van der Waals surface area (Å²) in [4.78, 5) is 4.24. The molecule has 4 aromatic rings. The molecule has 0 bridgehead atoms. The molecule has 4 rings (SSSR count). The minimum absolute atomic E-state index is 0.903. The van der Waals surface area contributed by atoms with Gasteiger partial charge in [-0.3, -0.25) is 0 Å². The molecule has 0 N–H and O–H groups in total. The molecule has 0 fully saturated rings. The Balaban J connectivity index is 1.28. The molecule has 0 saturated heterocycles. The highest BCUT2D eigenvalue weighted by Gasteiger charge is 2.10. The van der Waals surface area contributed by atoms with Gasteiger partial charge in [-0.05, 0) is 70.5 Å². The fraction of sp³-hybridized carbons (Fsp3) is 0.212. The molecule has 0 amide bonds. The maximum atomic E-state index is 2.32. The third-order valence-corrected chi connectivity index (χ3v) is 8.57. The summed E-state index contributed by atoms with van der Waals surface area (Å²) in [6.45, 7) is 0.965. The predicted octanol–water partition coefficient (Wildman–Crippen LogP) is 6.77. The minimum atomic E-state index is 0.903. The van der Waals surface area contributed by atoms with Crippen LogP contribution in [-0.2, 0) is 12.4 Å². The Labute approximate surface area is 241 Å². The second-order valence-electron chi connectivity index (χ2n) is 9.62. The van der Waals surface area contributed by atoms with Crippen molar-refractivity contribution in [1.82, 2.24) is 0 Å². The lowest BCUT2D eigenvalue weighted by Crippen LogP contribution is -2.37. The van der Waals surface area contributed by atoms with Crippen molar-refractivity contribution in [2.45, 2.75) is 12.4 Å². The summed E-state index contributed by atoms with van der Waals surface area (Å²) in [5.74, 6) is 1.94. The van der Waals surface area contributed by atoms with E-state index in [-0.39, 0.29) is 0 Å². The van der Waals surface area contributed by atoms with E-state index in [2.05, 4.69) is 169 Å². The van der Waals surface area contributed by atoms with Gasteiger partial charge in [-0.15, -0.1) is 0 Å². The van der Waals surface area contributed by atoms with Gasteiger partial charge < -0.3 is 9.80 Å². The fourth-order valence-electron chi connectivity index (χ4n) is 4.02. The van der Waals surface area contributed by atoms with Crippen molar-refractivity contribution in [2.75, 3.05) is 43.7 Å². The van der Waals surface area contributed by atoms with Gasteiger partial charge in [0.25, 0.3) is 0 Å². The first kappa shape index (κ1) is 28.5. The lowest BCUT2D eigenvalue weighted by atomic mass is 10.1. The summed E-state index contributed by atoms with van der Waals surface area (Å²) in [5.41, 5.74) is 7.24. The molecule has 0 unspecified atom stereocenters. The number of aryl methyl sites for hydroxylation is 1. The Kier molecular flexibility index (Phi) is 10.7. The summed E-state index contributed by atoms with van der Waals surface area (Å²) >= 11 is 0. The van der Waals surface area contributed by atoms with Crippen molar-refractivity contribution in [3.8, 4) is 0 Å². The highest BCUT2D eigenvalue weighted by Crippen LogP contribution is 2.21. The fourth-order valence-corrected chi connectivity index (χ4v) is 5.98. The van der Waals surface area contributed by atoms with Gasteiger partial charge in [-0.25, -0.2) is 0 Å². The van der Waals surface area contributed by atoms with E-state index in [9.17, 15) is 0 Å². The van der Waals surface area contributed by atoms with Crippen molar-refractivity contribution < 1.29 is 9.13 Å². The van der Waals surface area contributed by atoms with E-state index in [1.165, 1.54) is 33.9 Å². The topological polar surface area (TPSA) is 14.2 Å². The number of nitrogens with zero attached hydrogens (tertiary/aromatic N) is 4. The molecular weight excluding hydrogens is 517 g/mol. The molecule has 2 heterocycles. The summed E-state index contributed by atoms with van der Waals surface area (Å²) in [6, 6.07) is 30.0. The van der Waals surface area contributed by atoms with Gasteiger partial charge in [0, 0.05) is 76.0 Å². The van der Waals surface area contributed by atoms with Gasteiger partial charge in [-0.2, -0.15) is 9.13 Å². The number of anilines is 2. The Morgan fingerprint density at radius 2 is 1.05 bits per heavy atom. The first-order valence-corrected chi connectivity index (χ1v) is 15.6. The zero-order valence-electron chi connectivity index (χ0n) is 23.3. The highest BCUT2D eigenvalue weighted by atomic mass is 33.1. The highest BCUT2D eigenvalue weighted by molar-refractivity contribution is 8.76. The molecule has 4 nitrogen and oxygen atoms in total. The van der Waals surface area contributed by atoms with Crippen LogP contribution in [0.4, 0.5) is 11.4 Å². The molecule has 2 aromatic carbocycles. The third kappa shape index (κ3) is 8.77. The molecule has 0 spiro atoms. The molecule has 0 aliphatic rings. The van der Waals surface area contributed by atoms with Crippen LogP contribution < -0.4 is 18.9 Å². The number of hydrogen-bond acceptors (Lipinski definition) is 4. The molecule has 200 valence electrons. The lowest BCUT2D eigenvalue weighted by Gasteiger charge is -2.11. The van der Waals surface area contributed by atoms with Crippen LogP contribution >= 0.6 is 21.6 Å². The SMILES string of the molecule is CN(C)c1ccc(/C=C/c2cccc[n+]2CCSSC[n+]2ccccc2/C=C/c2ccc(N(C)C)cc2)cc1. The summed E-state index contributed by atoms with van der Waals surface area (Å²) in [6.07, 6.45) is 13.1. The molecule has 0 saturated carbocycles. The van der Waals surface area contributed by atoms with Gasteiger partial charge in [0.05, 0.1) is 5.75 Å². The maximum absolute atomic E-state index is 2.32. The Hall–Kier alpha value is -3.48. The van der Waals surface area contributed by atoms with Crippen LogP contribution in [0.5, 0.6) is 0 Å². The number of benzene rings is 2. The maximum Gasteiger partial charge on any atom is 0.205 e. The Morgan fingerprint density at radius 3 is 1.56 bits per heavy atom. The van der Waals surface area contributed by atoms with E-state index in [1.807, 2.05) is 21.6 Å². The first-order chi connectivity index (χ1) is 19.0. The molecule has 0 atom stereocenters. The van der Waals surface area contributed by atoms with Crippen LogP contribution in [0.1, 0.15) is 22.5 Å². The summed E-state index contributed by atoms with van der Waals surface area (Å²) in [7, 11) is 12.1. The zero-order valence-corrected chi connectivity index (χ0v) is 24.9. The molecule has 2 aromatic heterocycles. The Morgan fingerprint density at radius 1 is 0.564 bits per heavy atom. The molecule has 0 aliphatic heterocycles. The van der Waals surface area contributed by atoms with Crippen molar-refractivity contribution in [1.29, 1.82) is 0 Å². The van der Waals surface area contributed by atoms with Crippen molar-refractivity contribution in [2.24, 2.45) is 0 Å². The lowest BCUT2D eigenvalue weighted by molar-refractivity contribution is -0.694. The monoisotopic (exact) mass is 554 g/mol. The van der Waals surface area contributed by atoms with Gasteiger partial charge in [-0.1, -0.05) is 35.1 Å². The van der Waals surface area contributed by atoms with Gasteiger partial charge >= 0.3 is 0 Å². The van der Waals surface area contributed by atoms with E-state index in [0.717, 1.165) is 18.2 Å². The van der Waals surface area contributed by atoms with Crippen molar-refractivity contribution in [3.63, 3.8) is 0 Å². The Bertz CT molecular complexity index is 1270. The van der Waals surface area contributed by atoms with E-state index < -0.39 is 0 Å². The van der Waals surface area contributed by atoms with Gasteiger partial charge in [0.1, 0.15) is 0 Å². The second-order valence-corrected chi connectivity index (χ2v) is 12.2.